The van der Waals surface area contributed by atoms with E-state index in [1.165, 1.54) is 71.2 Å². The maximum atomic E-state index is 4.29. The molecule has 0 aliphatic carbocycles. The summed E-state index contributed by atoms with van der Waals surface area (Å²) < 4.78 is 0. The van der Waals surface area contributed by atoms with Crippen LogP contribution >= 0.6 is 24.0 Å². The van der Waals surface area contributed by atoms with Crippen LogP contribution in [0.2, 0.25) is 0 Å². The van der Waals surface area contributed by atoms with E-state index in [0.717, 1.165) is 19.0 Å². The minimum atomic E-state index is 0. The molecule has 0 aromatic carbocycles. The minimum absolute atomic E-state index is 0. The number of aliphatic imine (C=N–C) groups is 1. The minimum Gasteiger partial charge on any atom is -0.356 e. The first-order valence-corrected chi connectivity index (χ1v) is 9.11. The van der Waals surface area contributed by atoms with Crippen molar-refractivity contribution in [2.45, 2.75) is 45.4 Å². The summed E-state index contributed by atoms with van der Waals surface area (Å²) in [5.74, 6) is 0.951. The van der Waals surface area contributed by atoms with Gasteiger partial charge < -0.3 is 20.4 Å². The molecule has 0 saturated carbocycles. The van der Waals surface area contributed by atoms with E-state index in [1.807, 2.05) is 7.05 Å². The number of hydrogen-bond donors (Lipinski definition) is 2. The molecule has 0 radical (unpaired) electrons. The van der Waals surface area contributed by atoms with Gasteiger partial charge in [-0.2, -0.15) is 0 Å². The Morgan fingerprint density at radius 2 is 1.70 bits per heavy atom. The first kappa shape index (κ1) is 22.9. The molecule has 1 heterocycles. The first-order valence-electron chi connectivity index (χ1n) is 9.11. The maximum Gasteiger partial charge on any atom is 0.190 e. The zero-order valence-corrected chi connectivity index (χ0v) is 17.8. The quantitative estimate of drug-likeness (QED) is 0.251. The molecule has 5 nitrogen and oxygen atoms in total. The van der Waals surface area contributed by atoms with Crippen LogP contribution in [0.25, 0.3) is 0 Å². The average molecular weight is 439 g/mol. The van der Waals surface area contributed by atoms with Crippen LogP contribution in [0.3, 0.4) is 0 Å². The Kier molecular flexibility index (Phi) is 15.4. The maximum absolute atomic E-state index is 4.29. The fraction of sp³-hybridized carbons (Fsp3) is 0.941. The number of guanidine groups is 1. The van der Waals surface area contributed by atoms with E-state index in [1.54, 1.807) is 0 Å². The Bertz CT molecular complexity index is 299. The van der Waals surface area contributed by atoms with Crippen molar-refractivity contribution in [3.8, 4) is 0 Å². The van der Waals surface area contributed by atoms with Crippen LogP contribution in [0.5, 0.6) is 0 Å². The lowest BCUT2D eigenvalue weighted by Gasteiger charge is -2.20. The summed E-state index contributed by atoms with van der Waals surface area (Å²) in [4.78, 5) is 9.31. The third-order valence-electron chi connectivity index (χ3n) is 4.30. The molecule has 2 N–H and O–H groups in total. The van der Waals surface area contributed by atoms with Crippen molar-refractivity contribution in [3.63, 3.8) is 0 Å². The molecule has 1 rings (SSSR count). The Morgan fingerprint density at radius 1 is 0.957 bits per heavy atom. The zero-order valence-electron chi connectivity index (χ0n) is 15.4. The Morgan fingerprint density at radius 3 is 2.39 bits per heavy atom. The number of halogens is 1. The van der Waals surface area contributed by atoms with Crippen LogP contribution < -0.4 is 10.6 Å². The lowest BCUT2D eigenvalue weighted by atomic mass is 10.2. The normalized spacial score (nSPS) is 17.4. The lowest BCUT2D eigenvalue weighted by molar-refractivity contribution is 0.274. The smallest absolute Gasteiger partial charge is 0.190 e. The number of likely N-dealkylation sites (N-methyl/N-ethyl adjacent to an activating group) is 1. The second-order valence-electron chi connectivity index (χ2n) is 6.34. The molecule has 0 atom stereocenters. The average Bonchev–Trinajstić information content (AvgIpc) is 2.73. The van der Waals surface area contributed by atoms with E-state index in [4.69, 9.17) is 0 Å². The van der Waals surface area contributed by atoms with Gasteiger partial charge in [0.05, 0.1) is 0 Å². The van der Waals surface area contributed by atoms with Gasteiger partial charge in [0.15, 0.2) is 5.96 Å². The van der Waals surface area contributed by atoms with Gasteiger partial charge in [0.25, 0.3) is 0 Å². The van der Waals surface area contributed by atoms with E-state index in [9.17, 15) is 0 Å². The molecule has 1 fully saturated rings. The molecule has 1 aliphatic rings. The van der Waals surface area contributed by atoms with E-state index in [-0.39, 0.29) is 24.0 Å². The molecule has 23 heavy (non-hydrogen) atoms. The highest BCUT2D eigenvalue weighted by molar-refractivity contribution is 14.0. The van der Waals surface area contributed by atoms with Crippen LogP contribution in [-0.2, 0) is 0 Å². The largest absolute Gasteiger partial charge is 0.356 e. The summed E-state index contributed by atoms with van der Waals surface area (Å²) in [6.07, 6.45) is 7.64. The van der Waals surface area contributed by atoms with Crippen molar-refractivity contribution in [3.05, 3.63) is 0 Å². The SMILES string of the molecule is CCCCCCNC(=NC)NCCCN1CCCN(C)CC1.I. The molecular formula is C17H38IN5. The van der Waals surface area contributed by atoms with Crippen LogP contribution in [-0.4, -0.2) is 75.7 Å². The molecule has 0 bridgehead atoms. The van der Waals surface area contributed by atoms with E-state index in [0.29, 0.717) is 0 Å². The molecular weight excluding hydrogens is 401 g/mol. The van der Waals surface area contributed by atoms with Gasteiger partial charge in [0, 0.05) is 33.2 Å². The summed E-state index contributed by atoms with van der Waals surface area (Å²) in [6.45, 7) is 10.4. The summed E-state index contributed by atoms with van der Waals surface area (Å²) >= 11 is 0. The molecule has 0 unspecified atom stereocenters. The highest BCUT2D eigenvalue weighted by Gasteiger charge is 2.11. The van der Waals surface area contributed by atoms with Crippen molar-refractivity contribution in [2.75, 3.05) is 59.9 Å². The zero-order chi connectivity index (χ0) is 16.0. The van der Waals surface area contributed by atoms with Crippen molar-refractivity contribution in [1.29, 1.82) is 0 Å². The van der Waals surface area contributed by atoms with Crippen molar-refractivity contribution in [1.82, 2.24) is 20.4 Å². The second-order valence-corrected chi connectivity index (χ2v) is 6.34. The molecule has 0 amide bonds. The molecule has 0 aromatic rings. The summed E-state index contributed by atoms with van der Waals surface area (Å²) in [5.41, 5.74) is 0. The highest BCUT2D eigenvalue weighted by atomic mass is 127. The van der Waals surface area contributed by atoms with Gasteiger partial charge >= 0.3 is 0 Å². The van der Waals surface area contributed by atoms with Crippen molar-refractivity contribution >= 4 is 29.9 Å². The molecule has 138 valence electrons. The van der Waals surface area contributed by atoms with Gasteiger partial charge in [-0.05, 0) is 45.9 Å². The van der Waals surface area contributed by atoms with E-state index < -0.39 is 0 Å². The van der Waals surface area contributed by atoms with Crippen molar-refractivity contribution < 1.29 is 0 Å². The highest BCUT2D eigenvalue weighted by Crippen LogP contribution is 2.01. The third-order valence-corrected chi connectivity index (χ3v) is 4.30. The Labute approximate surface area is 160 Å². The number of nitrogens with one attached hydrogen (secondary N) is 2. The number of nitrogens with zero attached hydrogens (tertiary/aromatic N) is 3. The van der Waals surface area contributed by atoms with Gasteiger partial charge in [0.1, 0.15) is 0 Å². The van der Waals surface area contributed by atoms with Crippen LogP contribution in [0.1, 0.15) is 45.4 Å². The lowest BCUT2D eigenvalue weighted by Crippen LogP contribution is -2.39. The number of unbranched alkanes of at least 4 members (excludes halogenated alkanes) is 3. The number of hydrogen-bond acceptors (Lipinski definition) is 3. The standard InChI is InChI=1S/C17H37N5.HI/c1-4-5-6-7-10-19-17(18-2)20-11-8-13-22-14-9-12-21(3)15-16-22;/h4-16H2,1-3H3,(H2,18,19,20);1H. The van der Waals surface area contributed by atoms with Crippen LogP contribution in [0, 0.1) is 0 Å². The molecule has 0 spiro atoms. The number of rotatable bonds is 9. The monoisotopic (exact) mass is 439 g/mol. The third kappa shape index (κ3) is 12.0. The fourth-order valence-corrected chi connectivity index (χ4v) is 2.81. The van der Waals surface area contributed by atoms with Gasteiger partial charge in [-0.1, -0.05) is 26.2 Å². The van der Waals surface area contributed by atoms with Crippen LogP contribution in [0.15, 0.2) is 4.99 Å². The second kappa shape index (κ2) is 15.4. The first-order chi connectivity index (χ1) is 10.8. The van der Waals surface area contributed by atoms with E-state index in [2.05, 4.69) is 39.4 Å². The molecule has 1 saturated heterocycles. The Balaban J connectivity index is 0.00000484. The molecule has 1 aliphatic heterocycles. The Hall–Kier alpha value is -0.0800. The summed E-state index contributed by atoms with van der Waals surface area (Å²) in [6, 6.07) is 0. The fourth-order valence-electron chi connectivity index (χ4n) is 2.81. The van der Waals surface area contributed by atoms with Crippen LogP contribution in [0.4, 0.5) is 0 Å². The predicted molar refractivity (Wildman–Crippen MR) is 112 cm³/mol. The topological polar surface area (TPSA) is 42.9 Å². The van der Waals surface area contributed by atoms with Crippen molar-refractivity contribution in [2.24, 2.45) is 4.99 Å². The van der Waals surface area contributed by atoms with E-state index >= 15 is 0 Å². The van der Waals surface area contributed by atoms with Gasteiger partial charge in [-0.15, -0.1) is 24.0 Å². The van der Waals surface area contributed by atoms with Gasteiger partial charge in [-0.25, -0.2) is 0 Å². The molecule has 6 heteroatoms. The summed E-state index contributed by atoms with van der Waals surface area (Å²) in [7, 11) is 4.08. The van der Waals surface area contributed by atoms with Gasteiger partial charge in [0.2, 0.25) is 0 Å². The predicted octanol–water partition coefficient (Wildman–Crippen LogP) is 2.38. The summed E-state index contributed by atoms with van der Waals surface area (Å²) in [5, 5.41) is 6.83. The van der Waals surface area contributed by atoms with Gasteiger partial charge in [-0.3, -0.25) is 4.99 Å². The molecule has 0 aromatic heterocycles.